The number of piperidine rings is 1. The number of hydrogen-bond acceptors (Lipinski definition) is 6. The molecule has 0 aliphatic carbocycles. The maximum Gasteiger partial charge on any atom is 0.276 e. The quantitative estimate of drug-likeness (QED) is 0.380. The van der Waals surface area contributed by atoms with E-state index in [1.807, 2.05) is 18.2 Å². The summed E-state index contributed by atoms with van der Waals surface area (Å²) in [7, 11) is 0. The summed E-state index contributed by atoms with van der Waals surface area (Å²) in [5, 5.41) is 10.7. The van der Waals surface area contributed by atoms with Crippen LogP contribution in [0.1, 0.15) is 45.4 Å². The van der Waals surface area contributed by atoms with Crippen LogP contribution >= 0.6 is 0 Å². The van der Waals surface area contributed by atoms with E-state index in [2.05, 4.69) is 44.5 Å². The normalized spacial score (nSPS) is 18.0. The molecule has 1 fully saturated rings. The number of likely N-dealkylation sites (tertiary alicyclic amines) is 1. The van der Waals surface area contributed by atoms with Gasteiger partial charge in [-0.1, -0.05) is 17.6 Å². The van der Waals surface area contributed by atoms with Crippen LogP contribution in [-0.4, -0.2) is 64.7 Å². The van der Waals surface area contributed by atoms with Crippen molar-refractivity contribution >= 4 is 5.96 Å². The Labute approximate surface area is 173 Å². The second-order valence-electron chi connectivity index (χ2n) is 7.40. The van der Waals surface area contributed by atoms with Crippen LogP contribution in [0.3, 0.4) is 0 Å². The third-order valence-electron chi connectivity index (χ3n) is 5.15. The Balaban J connectivity index is 1.41. The Bertz CT molecular complexity index is 746. The Kier molecular flexibility index (Phi) is 8.42. The smallest absolute Gasteiger partial charge is 0.276 e. The summed E-state index contributed by atoms with van der Waals surface area (Å²) in [5.74, 6) is 1.95. The van der Waals surface area contributed by atoms with E-state index in [4.69, 9.17) is 9.52 Å². The first-order chi connectivity index (χ1) is 14.3. The van der Waals surface area contributed by atoms with Crippen LogP contribution < -0.4 is 10.6 Å². The molecular weight excluding hydrogens is 366 g/mol. The van der Waals surface area contributed by atoms with Crippen LogP contribution in [0.4, 0.5) is 0 Å². The molecule has 1 saturated heterocycles. The first kappa shape index (κ1) is 21.2. The van der Waals surface area contributed by atoms with Gasteiger partial charge < -0.3 is 20.1 Å². The molecule has 0 aromatic carbocycles. The molecule has 1 unspecified atom stereocenters. The van der Waals surface area contributed by atoms with E-state index in [1.165, 1.54) is 25.8 Å². The summed E-state index contributed by atoms with van der Waals surface area (Å²) < 4.78 is 5.30. The maximum atomic E-state index is 5.30. The lowest BCUT2D eigenvalue weighted by atomic mass is 10.0. The number of pyridine rings is 1. The third-order valence-corrected chi connectivity index (χ3v) is 5.15. The summed E-state index contributed by atoms with van der Waals surface area (Å²) in [4.78, 5) is 15.9. The molecule has 0 saturated carbocycles. The Morgan fingerprint density at radius 3 is 3.03 bits per heavy atom. The van der Waals surface area contributed by atoms with Crippen LogP contribution in [-0.2, 0) is 6.42 Å². The van der Waals surface area contributed by atoms with E-state index in [0.29, 0.717) is 36.4 Å². The second-order valence-corrected chi connectivity index (χ2v) is 7.40. The molecule has 1 atom stereocenters. The molecule has 8 heteroatoms. The highest BCUT2D eigenvalue weighted by molar-refractivity contribution is 5.79. The van der Waals surface area contributed by atoms with Gasteiger partial charge >= 0.3 is 0 Å². The minimum atomic E-state index is 0.452. The zero-order chi connectivity index (χ0) is 20.3. The topological polar surface area (TPSA) is 91.5 Å². The summed E-state index contributed by atoms with van der Waals surface area (Å²) in [5.41, 5.74) is 0.692. The van der Waals surface area contributed by atoms with Crippen LogP contribution in [0.15, 0.2) is 33.9 Å². The minimum absolute atomic E-state index is 0.452. The lowest BCUT2D eigenvalue weighted by Gasteiger charge is -2.33. The molecule has 0 bridgehead atoms. The number of aliphatic imine (C=N–C) groups is 1. The van der Waals surface area contributed by atoms with Crippen molar-refractivity contribution in [1.29, 1.82) is 0 Å². The molecule has 3 heterocycles. The Hall–Kier alpha value is -2.48. The van der Waals surface area contributed by atoms with Crippen molar-refractivity contribution in [2.75, 3.05) is 32.7 Å². The average molecular weight is 400 g/mol. The standard InChI is InChI=1S/C21H33N7O/c1-3-22-21(24-13-8-16-28-15-7-5-9-17(28)2)25-14-11-19-26-20(29-27-19)18-10-4-6-12-23-18/h4,6,10,12,17H,3,5,7-9,11,13-16H2,1-2H3,(H2,22,24,25). The molecule has 0 radical (unpaired) electrons. The van der Waals surface area contributed by atoms with Crippen molar-refractivity contribution in [1.82, 2.24) is 30.7 Å². The predicted octanol–water partition coefficient (Wildman–Crippen LogP) is 2.49. The lowest BCUT2D eigenvalue weighted by Crippen LogP contribution is -2.39. The highest BCUT2D eigenvalue weighted by atomic mass is 16.5. The molecule has 3 rings (SSSR count). The Morgan fingerprint density at radius 2 is 2.24 bits per heavy atom. The van der Waals surface area contributed by atoms with Crippen molar-refractivity contribution in [3.63, 3.8) is 0 Å². The van der Waals surface area contributed by atoms with Gasteiger partial charge in [0.2, 0.25) is 0 Å². The molecule has 1 aliphatic rings. The molecule has 1 aliphatic heterocycles. The van der Waals surface area contributed by atoms with Crippen molar-refractivity contribution in [2.45, 2.75) is 52.0 Å². The van der Waals surface area contributed by atoms with Gasteiger partial charge in [0.1, 0.15) is 5.69 Å². The number of hydrogen-bond donors (Lipinski definition) is 2. The zero-order valence-corrected chi connectivity index (χ0v) is 17.6. The first-order valence-electron chi connectivity index (χ1n) is 10.8. The molecule has 2 N–H and O–H groups in total. The fraction of sp³-hybridized carbons (Fsp3) is 0.619. The van der Waals surface area contributed by atoms with E-state index < -0.39 is 0 Å². The van der Waals surface area contributed by atoms with Gasteiger partial charge in [0, 0.05) is 44.8 Å². The van der Waals surface area contributed by atoms with Crippen LogP contribution in [0.2, 0.25) is 0 Å². The van der Waals surface area contributed by atoms with E-state index in [0.717, 1.165) is 32.0 Å². The van der Waals surface area contributed by atoms with Crippen molar-refractivity contribution in [3.05, 3.63) is 30.2 Å². The zero-order valence-electron chi connectivity index (χ0n) is 17.6. The molecule has 8 nitrogen and oxygen atoms in total. The van der Waals surface area contributed by atoms with Gasteiger partial charge in [-0.2, -0.15) is 4.98 Å². The molecule has 2 aromatic heterocycles. The maximum absolute atomic E-state index is 5.30. The second kappa shape index (κ2) is 11.5. The summed E-state index contributed by atoms with van der Waals surface area (Å²) in [6.45, 7) is 9.12. The summed E-state index contributed by atoms with van der Waals surface area (Å²) in [6, 6.07) is 6.33. The van der Waals surface area contributed by atoms with E-state index in [1.54, 1.807) is 6.20 Å². The lowest BCUT2D eigenvalue weighted by molar-refractivity contribution is 0.160. The van der Waals surface area contributed by atoms with Crippen molar-refractivity contribution in [3.8, 4) is 11.6 Å². The van der Waals surface area contributed by atoms with Gasteiger partial charge in [0.05, 0.1) is 0 Å². The summed E-state index contributed by atoms with van der Waals surface area (Å²) >= 11 is 0. The van der Waals surface area contributed by atoms with E-state index >= 15 is 0 Å². The van der Waals surface area contributed by atoms with Crippen LogP contribution in [0.5, 0.6) is 0 Å². The van der Waals surface area contributed by atoms with Crippen molar-refractivity contribution < 1.29 is 4.52 Å². The largest absolute Gasteiger partial charge is 0.357 e. The van der Waals surface area contributed by atoms with Gasteiger partial charge in [-0.15, -0.1) is 0 Å². The molecule has 2 aromatic rings. The van der Waals surface area contributed by atoms with Gasteiger partial charge in [0.15, 0.2) is 11.8 Å². The molecule has 0 amide bonds. The fourth-order valence-corrected chi connectivity index (χ4v) is 3.54. The highest BCUT2D eigenvalue weighted by Crippen LogP contribution is 2.16. The summed E-state index contributed by atoms with van der Waals surface area (Å²) in [6.07, 6.45) is 7.48. The first-order valence-corrected chi connectivity index (χ1v) is 10.8. The van der Waals surface area contributed by atoms with E-state index in [-0.39, 0.29) is 0 Å². The number of rotatable bonds is 9. The third kappa shape index (κ3) is 6.81. The number of nitrogens with one attached hydrogen (secondary N) is 2. The SMILES string of the molecule is CCNC(=NCCCN1CCCCC1C)NCCc1noc(-c2ccccn2)n1. The fourth-order valence-electron chi connectivity index (χ4n) is 3.54. The Morgan fingerprint density at radius 1 is 1.31 bits per heavy atom. The van der Waals surface area contributed by atoms with Gasteiger partial charge in [-0.3, -0.25) is 9.98 Å². The highest BCUT2D eigenvalue weighted by Gasteiger charge is 2.17. The molecule has 158 valence electrons. The van der Waals surface area contributed by atoms with Crippen LogP contribution in [0, 0.1) is 0 Å². The molecular formula is C21H33N7O. The van der Waals surface area contributed by atoms with Gasteiger partial charge in [0.25, 0.3) is 5.89 Å². The predicted molar refractivity (Wildman–Crippen MR) is 115 cm³/mol. The van der Waals surface area contributed by atoms with Gasteiger partial charge in [-0.25, -0.2) is 0 Å². The molecule has 0 spiro atoms. The van der Waals surface area contributed by atoms with Crippen molar-refractivity contribution in [2.24, 2.45) is 4.99 Å². The van der Waals surface area contributed by atoms with Gasteiger partial charge in [-0.05, 0) is 51.8 Å². The van der Waals surface area contributed by atoms with E-state index in [9.17, 15) is 0 Å². The minimum Gasteiger partial charge on any atom is -0.357 e. The monoisotopic (exact) mass is 399 g/mol. The number of aromatic nitrogens is 3. The average Bonchev–Trinajstić information content (AvgIpc) is 3.22. The number of guanidine groups is 1. The number of nitrogens with zero attached hydrogens (tertiary/aromatic N) is 5. The molecule has 29 heavy (non-hydrogen) atoms. The van der Waals surface area contributed by atoms with Crippen LogP contribution in [0.25, 0.3) is 11.6 Å².